The van der Waals surface area contributed by atoms with Crippen molar-refractivity contribution in [3.05, 3.63) is 63.9 Å². The molecule has 0 fully saturated rings. The van der Waals surface area contributed by atoms with Gasteiger partial charge in [-0.25, -0.2) is 9.18 Å². The second kappa shape index (κ2) is 7.51. The van der Waals surface area contributed by atoms with Crippen molar-refractivity contribution in [1.29, 1.82) is 5.26 Å². The first kappa shape index (κ1) is 16.6. The van der Waals surface area contributed by atoms with Gasteiger partial charge in [0.15, 0.2) is 6.61 Å². The summed E-state index contributed by atoms with van der Waals surface area (Å²) in [5.74, 6) is -1.80. The lowest BCUT2D eigenvalue weighted by Gasteiger charge is -2.08. The Kier molecular flexibility index (Phi) is 5.44. The van der Waals surface area contributed by atoms with Crippen molar-refractivity contribution in [3.63, 3.8) is 0 Å². The van der Waals surface area contributed by atoms with Crippen LogP contribution in [-0.4, -0.2) is 18.5 Å². The molecule has 2 aromatic rings. The number of carbonyl (C=O) groups is 2. The van der Waals surface area contributed by atoms with Crippen molar-refractivity contribution in [2.24, 2.45) is 0 Å². The van der Waals surface area contributed by atoms with Gasteiger partial charge in [-0.15, -0.1) is 0 Å². The van der Waals surface area contributed by atoms with E-state index in [1.807, 2.05) is 6.07 Å². The van der Waals surface area contributed by atoms with Gasteiger partial charge in [-0.1, -0.05) is 6.07 Å². The molecule has 7 heteroatoms. The van der Waals surface area contributed by atoms with Gasteiger partial charge >= 0.3 is 5.97 Å². The molecule has 0 bridgehead atoms. The highest BCUT2D eigenvalue weighted by Crippen LogP contribution is 2.19. The van der Waals surface area contributed by atoms with E-state index >= 15 is 0 Å². The fourth-order valence-electron chi connectivity index (χ4n) is 1.73. The Morgan fingerprint density at radius 1 is 1.26 bits per heavy atom. The summed E-state index contributed by atoms with van der Waals surface area (Å²) >= 11 is 3.05. The molecular weight excluding hydrogens is 367 g/mol. The first-order valence-electron chi connectivity index (χ1n) is 6.42. The van der Waals surface area contributed by atoms with Gasteiger partial charge < -0.3 is 10.1 Å². The Morgan fingerprint density at radius 2 is 2.04 bits per heavy atom. The molecule has 0 saturated carbocycles. The Hall–Kier alpha value is -2.72. The molecule has 0 unspecified atom stereocenters. The van der Waals surface area contributed by atoms with Gasteiger partial charge in [0, 0.05) is 10.2 Å². The lowest BCUT2D eigenvalue weighted by Crippen LogP contribution is -2.21. The van der Waals surface area contributed by atoms with E-state index < -0.39 is 24.3 Å². The molecule has 0 aliphatic rings. The number of benzene rings is 2. The zero-order chi connectivity index (χ0) is 16.8. The van der Waals surface area contributed by atoms with Crippen LogP contribution < -0.4 is 5.32 Å². The van der Waals surface area contributed by atoms with Gasteiger partial charge in [-0.3, -0.25) is 4.79 Å². The Bertz CT molecular complexity index is 802. The van der Waals surface area contributed by atoms with Crippen molar-refractivity contribution in [2.75, 3.05) is 11.9 Å². The predicted octanol–water partition coefficient (Wildman–Crippen LogP) is 3.26. The van der Waals surface area contributed by atoms with Crippen LogP contribution in [0, 0.1) is 17.1 Å². The molecule has 1 amide bonds. The van der Waals surface area contributed by atoms with Crippen molar-refractivity contribution >= 4 is 33.5 Å². The van der Waals surface area contributed by atoms with Crippen molar-refractivity contribution < 1.29 is 18.7 Å². The van der Waals surface area contributed by atoms with Crippen LogP contribution in [0.5, 0.6) is 0 Å². The third kappa shape index (κ3) is 4.63. The molecule has 0 saturated heterocycles. The molecule has 0 radical (unpaired) electrons. The fraction of sp³-hybridized carbons (Fsp3) is 0.0625. The number of ether oxygens (including phenoxy) is 1. The molecule has 1 N–H and O–H groups in total. The van der Waals surface area contributed by atoms with Gasteiger partial charge in [0.1, 0.15) is 5.82 Å². The minimum absolute atomic E-state index is 0.116. The summed E-state index contributed by atoms with van der Waals surface area (Å²) < 4.78 is 18.1. The summed E-state index contributed by atoms with van der Waals surface area (Å²) in [6, 6.07) is 11.8. The second-order valence-electron chi connectivity index (χ2n) is 4.44. The number of nitrogens with zero attached hydrogens (tertiary/aromatic N) is 1. The van der Waals surface area contributed by atoms with E-state index in [0.29, 0.717) is 11.3 Å². The summed E-state index contributed by atoms with van der Waals surface area (Å²) in [6.45, 7) is -0.501. The number of anilines is 1. The van der Waals surface area contributed by atoms with E-state index in [1.54, 1.807) is 18.2 Å². The molecule has 0 aromatic heterocycles. The molecule has 0 heterocycles. The van der Waals surface area contributed by atoms with Crippen molar-refractivity contribution in [1.82, 2.24) is 0 Å². The lowest BCUT2D eigenvalue weighted by atomic mass is 10.2. The zero-order valence-corrected chi connectivity index (χ0v) is 13.3. The normalized spacial score (nSPS) is 9.78. The smallest absolute Gasteiger partial charge is 0.339 e. The first-order valence-corrected chi connectivity index (χ1v) is 7.21. The standard InChI is InChI=1S/C16H10BrFN2O3/c17-14-7-11(18)4-5-13(14)16(22)23-9-15(21)20-12-3-1-2-10(6-12)8-19/h1-7H,9H2,(H,20,21). The van der Waals surface area contributed by atoms with E-state index in [1.165, 1.54) is 12.1 Å². The number of nitriles is 1. The zero-order valence-electron chi connectivity index (χ0n) is 11.7. The van der Waals surface area contributed by atoms with Gasteiger partial charge in [0.25, 0.3) is 5.91 Å². The van der Waals surface area contributed by atoms with E-state index in [0.717, 1.165) is 12.1 Å². The molecule has 0 aliphatic carbocycles. The highest BCUT2D eigenvalue weighted by Gasteiger charge is 2.14. The molecule has 0 aliphatic heterocycles. The minimum Gasteiger partial charge on any atom is -0.452 e. The summed E-state index contributed by atoms with van der Waals surface area (Å²) in [4.78, 5) is 23.6. The van der Waals surface area contributed by atoms with E-state index in [4.69, 9.17) is 10.00 Å². The summed E-state index contributed by atoms with van der Waals surface area (Å²) in [7, 11) is 0. The van der Waals surface area contributed by atoms with Crippen LogP contribution in [0.4, 0.5) is 10.1 Å². The van der Waals surface area contributed by atoms with E-state index in [9.17, 15) is 14.0 Å². The maximum absolute atomic E-state index is 13.0. The average Bonchev–Trinajstić information content (AvgIpc) is 2.53. The van der Waals surface area contributed by atoms with Gasteiger partial charge in [-0.05, 0) is 52.3 Å². The molecule has 116 valence electrons. The Labute approximate surface area is 139 Å². The number of esters is 1. The quantitative estimate of drug-likeness (QED) is 0.830. The predicted molar refractivity (Wildman–Crippen MR) is 84.2 cm³/mol. The van der Waals surface area contributed by atoms with Crippen LogP contribution in [0.25, 0.3) is 0 Å². The van der Waals surface area contributed by atoms with Gasteiger partial charge in [0.05, 0.1) is 17.2 Å². The van der Waals surface area contributed by atoms with Crippen LogP contribution in [0.15, 0.2) is 46.9 Å². The number of rotatable bonds is 4. The van der Waals surface area contributed by atoms with Crippen LogP contribution in [0.3, 0.4) is 0 Å². The molecule has 2 rings (SSSR count). The molecule has 0 atom stereocenters. The molecule has 23 heavy (non-hydrogen) atoms. The summed E-state index contributed by atoms with van der Waals surface area (Å²) in [5.41, 5.74) is 0.939. The van der Waals surface area contributed by atoms with Gasteiger partial charge in [-0.2, -0.15) is 5.26 Å². The van der Waals surface area contributed by atoms with Crippen LogP contribution in [0.2, 0.25) is 0 Å². The first-order chi connectivity index (χ1) is 11.0. The third-order valence-electron chi connectivity index (χ3n) is 2.76. The van der Waals surface area contributed by atoms with Crippen molar-refractivity contribution in [2.45, 2.75) is 0 Å². The maximum Gasteiger partial charge on any atom is 0.339 e. The largest absolute Gasteiger partial charge is 0.452 e. The maximum atomic E-state index is 13.0. The van der Waals surface area contributed by atoms with Gasteiger partial charge in [0.2, 0.25) is 0 Å². The number of carbonyl (C=O) groups excluding carboxylic acids is 2. The highest BCUT2D eigenvalue weighted by molar-refractivity contribution is 9.10. The lowest BCUT2D eigenvalue weighted by molar-refractivity contribution is -0.119. The number of halogens is 2. The van der Waals surface area contributed by atoms with Crippen LogP contribution in [0.1, 0.15) is 15.9 Å². The van der Waals surface area contributed by atoms with Crippen molar-refractivity contribution in [3.8, 4) is 6.07 Å². The van der Waals surface area contributed by atoms with Crippen LogP contribution in [-0.2, 0) is 9.53 Å². The molecule has 5 nitrogen and oxygen atoms in total. The number of hydrogen-bond donors (Lipinski definition) is 1. The highest BCUT2D eigenvalue weighted by atomic mass is 79.9. The third-order valence-corrected chi connectivity index (χ3v) is 3.42. The molecule has 0 spiro atoms. The monoisotopic (exact) mass is 376 g/mol. The summed E-state index contributed by atoms with van der Waals surface area (Å²) in [6.07, 6.45) is 0. The number of hydrogen-bond acceptors (Lipinski definition) is 4. The minimum atomic E-state index is -0.752. The Morgan fingerprint density at radius 3 is 2.74 bits per heavy atom. The van der Waals surface area contributed by atoms with E-state index in [2.05, 4.69) is 21.2 Å². The average molecular weight is 377 g/mol. The second-order valence-corrected chi connectivity index (χ2v) is 5.30. The summed E-state index contributed by atoms with van der Waals surface area (Å²) in [5, 5.41) is 11.3. The SMILES string of the molecule is N#Cc1cccc(NC(=O)COC(=O)c2ccc(F)cc2Br)c1. The van der Waals surface area contributed by atoms with Crippen LogP contribution >= 0.6 is 15.9 Å². The van der Waals surface area contributed by atoms with E-state index in [-0.39, 0.29) is 10.0 Å². The molecular formula is C16H10BrFN2O3. The number of amides is 1. The number of nitrogens with one attached hydrogen (secondary N) is 1. The topological polar surface area (TPSA) is 79.2 Å². The Balaban J connectivity index is 1.93. The molecule has 2 aromatic carbocycles. The fourth-order valence-corrected chi connectivity index (χ4v) is 2.24.